The van der Waals surface area contributed by atoms with Gasteiger partial charge in [0.15, 0.2) is 17.4 Å². The zero-order valence-corrected chi connectivity index (χ0v) is 19.6. The molecule has 1 aromatic heterocycles. The zero-order valence-electron chi connectivity index (χ0n) is 18.0. The van der Waals surface area contributed by atoms with Gasteiger partial charge in [-0.2, -0.15) is 5.10 Å². The van der Waals surface area contributed by atoms with Gasteiger partial charge in [-0.25, -0.2) is 14.1 Å². The molecule has 0 aliphatic heterocycles. The number of rotatable bonds is 6. The van der Waals surface area contributed by atoms with Gasteiger partial charge >= 0.3 is 0 Å². The molecule has 34 heavy (non-hydrogen) atoms. The summed E-state index contributed by atoms with van der Waals surface area (Å²) in [5.74, 6) is 0.922. The standard InChI is InChI=1S/C28H19BrFN3O/c29-22-14-12-21(13-15-22)26-18-28(33(32-26)23-7-3-1-4-8-23)31-19-20-11-16-25(30)27(17-20)34-24-9-5-2-6-10-24/h1-19H/b31-19+. The molecule has 0 N–H and O–H groups in total. The predicted molar refractivity (Wildman–Crippen MR) is 137 cm³/mol. The maximum Gasteiger partial charge on any atom is 0.165 e. The lowest BCUT2D eigenvalue weighted by Gasteiger charge is -2.07. The summed E-state index contributed by atoms with van der Waals surface area (Å²) < 4.78 is 22.8. The molecule has 4 nitrogen and oxygen atoms in total. The molecule has 0 saturated carbocycles. The molecule has 5 rings (SSSR count). The number of ether oxygens (including phenoxy) is 1. The second-order valence-electron chi connectivity index (χ2n) is 7.51. The Labute approximate surface area is 205 Å². The summed E-state index contributed by atoms with van der Waals surface area (Å²) in [6, 6.07) is 33.5. The highest BCUT2D eigenvalue weighted by atomic mass is 79.9. The van der Waals surface area contributed by atoms with E-state index < -0.39 is 5.82 Å². The van der Waals surface area contributed by atoms with E-state index in [1.807, 2.05) is 78.9 Å². The second kappa shape index (κ2) is 9.85. The first-order valence-electron chi connectivity index (χ1n) is 10.6. The third-order valence-corrected chi connectivity index (χ3v) is 5.63. The summed E-state index contributed by atoms with van der Waals surface area (Å²) >= 11 is 3.47. The molecule has 1 heterocycles. The van der Waals surface area contributed by atoms with Crippen LogP contribution in [0.3, 0.4) is 0 Å². The highest BCUT2D eigenvalue weighted by molar-refractivity contribution is 9.10. The lowest BCUT2D eigenvalue weighted by atomic mass is 10.1. The molecule has 0 atom stereocenters. The number of nitrogens with zero attached hydrogens (tertiary/aromatic N) is 3. The third kappa shape index (κ3) is 4.97. The van der Waals surface area contributed by atoms with Crippen molar-refractivity contribution >= 4 is 28.0 Å². The van der Waals surface area contributed by atoms with E-state index >= 15 is 0 Å². The van der Waals surface area contributed by atoms with Crippen molar-refractivity contribution in [1.29, 1.82) is 0 Å². The monoisotopic (exact) mass is 511 g/mol. The Balaban J connectivity index is 1.49. The van der Waals surface area contributed by atoms with E-state index in [1.54, 1.807) is 35.2 Å². The van der Waals surface area contributed by atoms with Crippen molar-refractivity contribution in [1.82, 2.24) is 9.78 Å². The molecule has 6 heteroatoms. The highest BCUT2D eigenvalue weighted by Gasteiger charge is 2.11. The molecule has 0 fully saturated rings. The number of halogens is 2. The van der Waals surface area contributed by atoms with Crippen LogP contribution in [0, 0.1) is 5.82 Å². The fourth-order valence-corrected chi connectivity index (χ4v) is 3.68. The van der Waals surface area contributed by atoms with E-state index in [0.29, 0.717) is 17.1 Å². The van der Waals surface area contributed by atoms with Crippen molar-refractivity contribution in [2.24, 2.45) is 4.99 Å². The number of aliphatic imine (C=N–C) groups is 1. The second-order valence-corrected chi connectivity index (χ2v) is 8.42. The van der Waals surface area contributed by atoms with E-state index in [0.717, 1.165) is 21.4 Å². The van der Waals surface area contributed by atoms with Crippen LogP contribution in [0.25, 0.3) is 16.9 Å². The molecule has 0 spiro atoms. The molecule has 0 radical (unpaired) electrons. The smallest absolute Gasteiger partial charge is 0.165 e. The summed E-state index contributed by atoms with van der Waals surface area (Å²) in [6.07, 6.45) is 1.68. The maximum atomic E-state index is 14.3. The number of para-hydroxylation sites is 2. The van der Waals surface area contributed by atoms with Crippen molar-refractivity contribution in [3.8, 4) is 28.4 Å². The van der Waals surface area contributed by atoms with Gasteiger partial charge in [0.05, 0.1) is 11.4 Å². The van der Waals surface area contributed by atoms with Gasteiger partial charge in [0, 0.05) is 22.3 Å². The van der Waals surface area contributed by atoms with Crippen LogP contribution in [0.15, 0.2) is 119 Å². The largest absolute Gasteiger partial charge is 0.454 e. The maximum absolute atomic E-state index is 14.3. The molecule has 0 unspecified atom stereocenters. The number of hydrogen-bond donors (Lipinski definition) is 0. The van der Waals surface area contributed by atoms with E-state index in [4.69, 9.17) is 9.84 Å². The Morgan fingerprint density at radius 1 is 0.824 bits per heavy atom. The van der Waals surface area contributed by atoms with Gasteiger partial charge in [-0.15, -0.1) is 0 Å². The average molecular weight is 512 g/mol. The first kappa shape index (κ1) is 21.8. The number of benzene rings is 4. The molecule has 4 aromatic carbocycles. The summed E-state index contributed by atoms with van der Waals surface area (Å²) in [4.78, 5) is 4.68. The first-order valence-corrected chi connectivity index (χ1v) is 11.4. The lowest BCUT2D eigenvalue weighted by Crippen LogP contribution is -1.96. The fraction of sp³-hybridized carbons (Fsp3) is 0. The topological polar surface area (TPSA) is 39.4 Å². The van der Waals surface area contributed by atoms with Crippen molar-refractivity contribution in [2.75, 3.05) is 0 Å². The van der Waals surface area contributed by atoms with Gasteiger partial charge in [-0.3, -0.25) is 0 Å². The van der Waals surface area contributed by atoms with Crippen molar-refractivity contribution < 1.29 is 9.13 Å². The normalized spacial score (nSPS) is 11.1. The van der Waals surface area contributed by atoms with Crippen LogP contribution in [0.5, 0.6) is 11.5 Å². The van der Waals surface area contributed by atoms with E-state index in [9.17, 15) is 4.39 Å². The highest BCUT2D eigenvalue weighted by Crippen LogP contribution is 2.29. The molecule has 0 bridgehead atoms. The van der Waals surface area contributed by atoms with Crippen molar-refractivity contribution in [3.63, 3.8) is 0 Å². The number of hydrogen-bond acceptors (Lipinski definition) is 3. The van der Waals surface area contributed by atoms with Crippen molar-refractivity contribution in [2.45, 2.75) is 0 Å². The Kier molecular flexibility index (Phi) is 6.31. The summed E-state index contributed by atoms with van der Waals surface area (Å²) in [5.41, 5.74) is 3.38. The van der Waals surface area contributed by atoms with Gasteiger partial charge in [-0.05, 0) is 54.1 Å². The molecular weight excluding hydrogens is 493 g/mol. The average Bonchev–Trinajstić information content (AvgIpc) is 3.30. The van der Waals surface area contributed by atoms with Crippen molar-refractivity contribution in [3.05, 3.63) is 125 Å². The van der Waals surface area contributed by atoms with Crippen LogP contribution in [0.2, 0.25) is 0 Å². The molecule has 166 valence electrons. The van der Waals surface area contributed by atoms with Gasteiger partial charge in [0.25, 0.3) is 0 Å². The van der Waals surface area contributed by atoms with Crippen LogP contribution in [0.1, 0.15) is 5.56 Å². The summed E-state index contributed by atoms with van der Waals surface area (Å²) in [7, 11) is 0. The molecular formula is C28H19BrFN3O. The SMILES string of the molecule is Fc1ccc(/C=N/c2cc(-c3ccc(Br)cc3)nn2-c2ccccc2)cc1Oc1ccccc1. The Hall–Kier alpha value is -4.03. The number of aromatic nitrogens is 2. The summed E-state index contributed by atoms with van der Waals surface area (Å²) in [5, 5.41) is 4.78. The van der Waals surface area contributed by atoms with Crippen LogP contribution >= 0.6 is 15.9 Å². The first-order chi connectivity index (χ1) is 16.7. The molecule has 0 amide bonds. The molecule has 0 aliphatic rings. The van der Waals surface area contributed by atoms with E-state index in [-0.39, 0.29) is 5.75 Å². The Morgan fingerprint density at radius 2 is 1.53 bits per heavy atom. The summed E-state index contributed by atoms with van der Waals surface area (Å²) in [6.45, 7) is 0. The van der Waals surface area contributed by atoms with E-state index in [2.05, 4.69) is 20.9 Å². The predicted octanol–water partition coefficient (Wildman–Crippen LogP) is 7.98. The quantitative estimate of drug-likeness (QED) is 0.217. The van der Waals surface area contributed by atoms with Gasteiger partial charge in [-0.1, -0.05) is 70.5 Å². The Morgan fingerprint density at radius 3 is 2.26 bits per heavy atom. The molecule has 5 aromatic rings. The van der Waals surface area contributed by atoms with Gasteiger partial charge in [0.2, 0.25) is 0 Å². The zero-order chi connectivity index (χ0) is 23.3. The Bertz CT molecular complexity index is 1430. The van der Waals surface area contributed by atoms with Crippen LogP contribution in [-0.2, 0) is 0 Å². The third-order valence-electron chi connectivity index (χ3n) is 5.10. The molecule has 0 saturated heterocycles. The van der Waals surface area contributed by atoms with Gasteiger partial charge in [0.1, 0.15) is 5.75 Å². The lowest BCUT2D eigenvalue weighted by molar-refractivity contribution is 0.442. The van der Waals surface area contributed by atoms with E-state index in [1.165, 1.54) is 6.07 Å². The minimum atomic E-state index is -0.437. The van der Waals surface area contributed by atoms with Gasteiger partial charge < -0.3 is 4.74 Å². The van der Waals surface area contributed by atoms with Crippen LogP contribution < -0.4 is 4.74 Å². The minimum Gasteiger partial charge on any atom is -0.454 e. The molecule has 0 aliphatic carbocycles. The van der Waals surface area contributed by atoms with Crippen LogP contribution in [-0.4, -0.2) is 16.0 Å². The fourth-order valence-electron chi connectivity index (χ4n) is 3.42. The minimum absolute atomic E-state index is 0.141. The van der Waals surface area contributed by atoms with Crippen LogP contribution in [0.4, 0.5) is 10.2 Å².